The molecule has 3 rings (SSSR count). The fourth-order valence-electron chi connectivity index (χ4n) is 4.57. The summed E-state index contributed by atoms with van der Waals surface area (Å²) in [6.45, 7) is 7.36. The number of H-pyrrole nitrogens is 1. The average molecular weight is 514 g/mol. The molecule has 1 aromatic carbocycles. The minimum absolute atomic E-state index is 0.0477. The number of aliphatic carboxylic acids is 1. The Morgan fingerprint density at radius 1 is 1.05 bits per heavy atom. The smallest absolute Gasteiger partial charge is 0.318 e. The van der Waals surface area contributed by atoms with Crippen molar-refractivity contribution in [3.8, 4) is 0 Å². The van der Waals surface area contributed by atoms with Gasteiger partial charge < -0.3 is 30.9 Å². The number of hydrogen-bond acceptors (Lipinski definition) is 4. The number of benzene rings is 1. The second-order valence-electron chi connectivity index (χ2n) is 10.4. The Balaban J connectivity index is 1.74. The molecule has 2 heterocycles. The van der Waals surface area contributed by atoms with Crippen LogP contribution in [0.3, 0.4) is 0 Å². The average Bonchev–Trinajstić information content (AvgIpc) is 3.25. The van der Waals surface area contributed by atoms with Crippen LogP contribution >= 0.6 is 0 Å². The molecule has 1 aromatic heterocycles. The Morgan fingerprint density at radius 3 is 2.43 bits per heavy atom. The van der Waals surface area contributed by atoms with E-state index in [2.05, 4.69) is 27.9 Å². The number of hydrogen-bond donors (Lipinski definition) is 5. The van der Waals surface area contributed by atoms with Gasteiger partial charge in [-0.2, -0.15) is 0 Å². The number of para-hydroxylation sites is 1. The van der Waals surface area contributed by atoms with E-state index >= 15 is 0 Å². The van der Waals surface area contributed by atoms with Crippen LogP contribution in [0, 0.1) is 11.8 Å². The summed E-state index contributed by atoms with van der Waals surface area (Å²) >= 11 is 0. The number of aromatic amines is 1. The molecular weight excluding hydrogens is 474 g/mol. The number of rotatable bonds is 11. The van der Waals surface area contributed by atoms with Crippen molar-refractivity contribution in [2.24, 2.45) is 11.8 Å². The Labute approximate surface area is 217 Å². The summed E-state index contributed by atoms with van der Waals surface area (Å²) in [7, 11) is 0. The van der Waals surface area contributed by atoms with Gasteiger partial charge in [0.2, 0.25) is 11.8 Å². The van der Waals surface area contributed by atoms with E-state index in [0.717, 1.165) is 29.3 Å². The molecule has 0 radical (unpaired) electrons. The zero-order valence-corrected chi connectivity index (χ0v) is 21.9. The maximum atomic E-state index is 13.4. The molecule has 5 N–H and O–H groups in total. The van der Waals surface area contributed by atoms with Crippen molar-refractivity contribution in [3.63, 3.8) is 0 Å². The van der Waals surface area contributed by atoms with E-state index in [0.29, 0.717) is 25.4 Å². The van der Waals surface area contributed by atoms with Gasteiger partial charge in [0.05, 0.1) is 6.42 Å². The highest BCUT2D eigenvalue weighted by molar-refractivity contribution is 5.93. The fraction of sp³-hybridized carbons (Fsp3) is 0.556. The molecule has 0 unspecified atom stereocenters. The molecule has 0 spiro atoms. The molecule has 2 atom stereocenters. The number of aromatic nitrogens is 1. The molecule has 1 aliphatic heterocycles. The van der Waals surface area contributed by atoms with Gasteiger partial charge >= 0.3 is 12.0 Å². The van der Waals surface area contributed by atoms with Crippen molar-refractivity contribution in [2.75, 3.05) is 19.6 Å². The minimum Gasteiger partial charge on any atom is -0.481 e. The normalized spacial score (nSPS) is 15.8. The van der Waals surface area contributed by atoms with E-state index in [1.54, 1.807) is 11.1 Å². The number of piperidine rings is 1. The van der Waals surface area contributed by atoms with E-state index in [4.69, 9.17) is 5.11 Å². The largest absolute Gasteiger partial charge is 0.481 e. The summed E-state index contributed by atoms with van der Waals surface area (Å²) in [4.78, 5) is 55.2. The van der Waals surface area contributed by atoms with Gasteiger partial charge in [0, 0.05) is 43.2 Å². The third-order valence-corrected chi connectivity index (χ3v) is 6.76. The number of urea groups is 1. The Hall–Kier alpha value is -3.56. The van der Waals surface area contributed by atoms with E-state index in [1.165, 1.54) is 0 Å². The van der Waals surface area contributed by atoms with Crippen LogP contribution in [0.25, 0.3) is 10.9 Å². The van der Waals surface area contributed by atoms with Crippen molar-refractivity contribution < 1.29 is 24.3 Å². The monoisotopic (exact) mass is 513 g/mol. The van der Waals surface area contributed by atoms with Gasteiger partial charge in [0.25, 0.3) is 0 Å². The molecule has 202 valence electrons. The van der Waals surface area contributed by atoms with Gasteiger partial charge in [-0.1, -0.05) is 39.0 Å². The molecule has 0 saturated carbocycles. The number of carboxylic acid groups (broad SMARTS) is 1. The lowest BCUT2D eigenvalue weighted by molar-refractivity contribution is -0.137. The van der Waals surface area contributed by atoms with Crippen LogP contribution in [0.4, 0.5) is 4.79 Å². The first-order chi connectivity index (χ1) is 17.6. The van der Waals surface area contributed by atoms with Gasteiger partial charge in [-0.15, -0.1) is 0 Å². The lowest BCUT2D eigenvalue weighted by Gasteiger charge is -2.32. The Bertz CT molecular complexity index is 1090. The van der Waals surface area contributed by atoms with E-state index in [1.807, 2.05) is 38.1 Å². The zero-order valence-electron chi connectivity index (χ0n) is 21.9. The summed E-state index contributed by atoms with van der Waals surface area (Å²) in [5.74, 6) is -1.23. The molecule has 1 fully saturated rings. The number of carbonyl (C=O) groups is 4. The molecule has 1 saturated heterocycles. The van der Waals surface area contributed by atoms with Gasteiger partial charge in [-0.25, -0.2) is 4.79 Å². The van der Waals surface area contributed by atoms with Gasteiger partial charge in [0.1, 0.15) is 12.1 Å². The zero-order chi connectivity index (χ0) is 26.9. The van der Waals surface area contributed by atoms with Crippen LogP contribution < -0.4 is 16.0 Å². The number of nitrogens with one attached hydrogen (secondary N) is 4. The van der Waals surface area contributed by atoms with Crippen molar-refractivity contribution in [1.82, 2.24) is 25.8 Å². The first-order valence-corrected chi connectivity index (χ1v) is 13.0. The summed E-state index contributed by atoms with van der Waals surface area (Å²) in [6, 6.07) is 5.65. The maximum absolute atomic E-state index is 13.4. The van der Waals surface area contributed by atoms with Crippen molar-refractivity contribution >= 4 is 34.7 Å². The SMILES string of the molecule is CC(C)C[C@H](NC(=O)N1CCC(C)CC1)C(=O)N[C@H](Cc1c[nH]c2ccccc12)C(=O)NCCC(=O)O. The molecule has 0 bridgehead atoms. The van der Waals surface area contributed by atoms with Gasteiger partial charge in [-0.05, 0) is 42.7 Å². The van der Waals surface area contributed by atoms with Crippen LogP contribution in [-0.2, 0) is 20.8 Å². The van der Waals surface area contributed by atoms with Crippen LogP contribution in [0.5, 0.6) is 0 Å². The molecular formula is C27H39N5O5. The van der Waals surface area contributed by atoms with Crippen LogP contribution in [0.2, 0.25) is 0 Å². The third kappa shape index (κ3) is 8.23. The predicted octanol–water partition coefficient (Wildman–Crippen LogP) is 2.64. The number of likely N-dealkylation sites (tertiary alicyclic amines) is 1. The van der Waals surface area contributed by atoms with E-state index in [-0.39, 0.29) is 31.3 Å². The van der Waals surface area contributed by atoms with E-state index < -0.39 is 29.9 Å². The van der Waals surface area contributed by atoms with Gasteiger partial charge in [0.15, 0.2) is 0 Å². The van der Waals surface area contributed by atoms with Crippen LogP contribution in [0.1, 0.15) is 52.0 Å². The molecule has 2 aromatic rings. The lowest BCUT2D eigenvalue weighted by atomic mass is 9.99. The molecule has 37 heavy (non-hydrogen) atoms. The highest BCUT2D eigenvalue weighted by Gasteiger charge is 2.30. The second kappa shape index (κ2) is 13.1. The van der Waals surface area contributed by atoms with Crippen molar-refractivity contribution in [3.05, 3.63) is 36.0 Å². The third-order valence-electron chi connectivity index (χ3n) is 6.76. The lowest BCUT2D eigenvalue weighted by Crippen LogP contribution is -2.57. The Morgan fingerprint density at radius 2 is 1.76 bits per heavy atom. The van der Waals surface area contributed by atoms with Crippen LogP contribution in [0.15, 0.2) is 30.5 Å². The molecule has 10 heteroatoms. The minimum atomic E-state index is -1.02. The first-order valence-electron chi connectivity index (χ1n) is 13.0. The number of carboxylic acids is 1. The second-order valence-corrected chi connectivity index (χ2v) is 10.4. The molecule has 10 nitrogen and oxygen atoms in total. The number of amides is 4. The fourth-order valence-corrected chi connectivity index (χ4v) is 4.57. The number of carbonyl (C=O) groups excluding carboxylic acids is 3. The quantitative estimate of drug-likeness (QED) is 0.314. The van der Waals surface area contributed by atoms with Gasteiger partial charge in [-0.3, -0.25) is 14.4 Å². The maximum Gasteiger partial charge on any atom is 0.318 e. The van der Waals surface area contributed by atoms with E-state index in [9.17, 15) is 19.2 Å². The summed E-state index contributed by atoms with van der Waals surface area (Å²) < 4.78 is 0. The van der Waals surface area contributed by atoms with Crippen molar-refractivity contribution in [1.29, 1.82) is 0 Å². The molecule has 0 aliphatic carbocycles. The standard InChI is InChI=1S/C27H39N5O5/c1-17(2)14-22(31-27(37)32-12-9-18(3)10-13-32)26(36)30-23(25(35)28-11-8-24(33)34)15-19-16-29-21-7-5-4-6-20(19)21/h4-7,16-18,22-23,29H,8-15H2,1-3H3,(H,28,35)(H,30,36)(H,31,37)(H,33,34)/t22-,23+/m0/s1. The first kappa shape index (κ1) is 28.0. The molecule has 1 aliphatic rings. The number of nitrogens with zero attached hydrogens (tertiary/aromatic N) is 1. The highest BCUT2D eigenvalue weighted by Crippen LogP contribution is 2.20. The van der Waals surface area contributed by atoms with Crippen molar-refractivity contribution in [2.45, 2.75) is 65.0 Å². The van der Waals surface area contributed by atoms with Crippen LogP contribution in [-0.4, -0.2) is 70.5 Å². The highest BCUT2D eigenvalue weighted by atomic mass is 16.4. The number of fused-ring (bicyclic) bond motifs is 1. The predicted molar refractivity (Wildman–Crippen MR) is 141 cm³/mol. The Kier molecular flexibility index (Phi) is 9.93. The summed E-state index contributed by atoms with van der Waals surface area (Å²) in [5, 5.41) is 18.2. The topological polar surface area (TPSA) is 144 Å². The summed E-state index contributed by atoms with van der Waals surface area (Å²) in [6.07, 6.45) is 4.07. The summed E-state index contributed by atoms with van der Waals surface area (Å²) in [5.41, 5.74) is 1.76. The molecule has 4 amide bonds.